The number of aliphatic hydroxyl groups is 1. The number of para-hydroxylation sites is 1. The lowest BCUT2D eigenvalue weighted by atomic mass is 10.3. The summed E-state index contributed by atoms with van der Waals surface area (Å²) in [6.07, 6.45) is -0.710. The highest BCUT2D eigenvalue weighted by atomic mass is 35.5. The van der Waals surface area contributed by atoms with E-state index in [1.165, 1.54) is 11.8 Å². The van der Waals surface area contributed by atoms with Crippen LogP contribution in [0.5, 0.6) is 5.75 Å². The van der Waals surface area contributed by atoms with Crippen LogP contribution in [0.2, 0.25) is 10.0 Å². The first kappa shape index (κ1) is 18.0. The van der Waals surface area contributed by atoms with Gasteiger partial charge in [-0.3, -0.25) is 0 Å². The lowest BCUT2D eigenvalue weighted by Gasteiger charge is -2.13. The molecule has 0 aliphatic rings. The normalized spacial score (nSPS) is 12.1. The van der Waals surface area contributed by atoms with Gasteiger partial charge in [0.25, 0.3) is 0 Å². The molecule has 0 saturated carbocycles. The van der Waals surface area contributed by atoms with Crippen LogP contribution in [0.15, 0.2) is 53.7 Å². The van der Waals surface area contributed by atoms with Gasteiger partial charge in [0.2, 0.25) is 5.16 Å². The lowest BCUT2D eigenvalue weighted by molar-refractivity contribution is 0.126. The SMILES string of the molecule is O[C@H](COc1ccc(Cl)cc1Cl)CSc1nnnn1-c1ccccc1. The summed E-state index contributed by atoms with van der Waals surface area (Å²) in [6, 6.07) is 14.5. The minimum Gasteiger partial charge on any atom is -0.489 e. The molecule has 0 saturated heterocycles. The van der Waals surface area contributed by atoms with Crippen LogP contribution >= 0.6 is 35.0 Å². The Hall–Kier alpha value is -1.80. The fraction of sp³-hybridized carbons (Fsp3) is 0.188. The summed E-state index contributed by atoms with van der Waals surface area (Å²) in [7, 11) is 0. The Balaban J connectivity index is 1.55. The first-order chi connectivity index (χ1) is 12.1. The van der Waals surface area contributed by atoms with Crippen molar-refractivity contribution in [1.29, 1.82) is 0 Å². The van der Waals surface area contributed by atoms with Gasteiger partial charge in [-0.15, -0.1) is 5.10 Å². The van der Waals surface area contributed by atoms with Crippen molar-refractivity contribution in [1.82, 2.24) is 20.2 Å². The molecule has 0 aliphatic carbocycles. The number of nitrogens with zero attached hydrogens (tertiary/aromatic N) is 4. The van der Waals surface area contributed by atoms with Crippen molar-refractivity contribution in [2.75, 3.05) is 12.4 Å². The van der Waals surface area contributed by atoms with Crippen molar-refractivity contribution >= 4 is 35.0 Å². The Bertz CT molecular complexity index is 832. The minimum absolute atomic E-state index is 0.0985. The predicted octanol–water partition coefficient (Wildman–Crippen LogP) is 3.50. The standard InChI is InChI=1S/C16H14Cl2N4O2S/c17-11-6-7-15(14(18)8-11)24-9-13(23)10-25-16-19-20-21-22(16)12-4-2-1-3-5-12/h1-8,13,23H,9-10H2/t13-/m1/s1. The molecule has 0 fully saturated rings. The number of aliphatic hydroxyl groups excluding tert-OH is 1. The first-order valence-corrected chi connectivity index (χ1v) is 9.10. The molecule has 25 heavy (non-hydrogen) atoms. The van der Waals surface area contributed by atoms with Crippen molar-refractivity contribution in [3.63, 3.8) is 0 Å². The number of aromatic nitrogens is 4. The van der Waals surface area contributed by atoms with Crippen LogP contribution in [0.1, 0.15) is 0 Å². The van der Waals surface area contributed by atoms with E-state index < -0.39 is 6.10 Å². The molecule has 3 aromatic rings. The third-order valence-electron chi connectivity index (χ3n) is 3.17. The molecule has 0 amide bonds. The van der Waals surface area contributed by atoms with E-state index in [2.05, 4.69) is 15.5 Å². The van der Waals surface area contributed by atoms with E-state index in [9.17, 15) is 5.11 Å². The molecular weight excluding hydrogens is 383 g/mol. The second-order valence-corrected chi connectivity index (χ2v) is 6.89. The van der Waals surface area contributed by atoms with E-state index in [-0.39, 0.29) is 6.61 Å². The van der Waals surface area contributed by atoms with Crippen molar-refractivity contribution in [2.24, 2.45) is 0 Å². The number of thioether (sulfide) groups is 1. The Labute approximate surface area is 158 Å². The van der Waals surface area contributed by atoms with Gasteiger partial charge in [0.05, 0.1) is 16.8 Å². The van der Waals surface area contributed by atoms with Crippen LogP contribution in [0.3, 0.4) is 0 Å². The highest BCUT2D eigenvalue weighted by Gasteiger charge is 2.13. The molecular formula is C16H14Cl2N4O2S. The van der Waals surface area contributed by atoms with Gasteiger partial charge in [0.1, 0.15) is 12.4 Å². The van der Waals surface area contributed by atoms with Gasteiger partial charge in [-0.2, -0.15) is 4.68 Å². The number of hydrogen-bond donors (Lipinski definition) is 1. The van der Waals surface area contributed by atoms with Crippen LogP contribution in [0, 0.1) is 0 Å². The first-order valence-electron chi connectivity index (χ1n) is 7.36. The molecule has 6 nitrogen and oxygen atoms in total. The molecule has 0 unspecified atom stereocenters. The zero-order valence-corrected chi connectivity index (χ0v) is 15.2. The van der Waals surface area contributed by atoms with E-state index in [0.29, 0.717) is 26.7 Å². The molecule has 1 aromatic heterocycles. The van der Waals surface area contributed by atoms with Crippen molar-refractivity contribution in [3.8, 4) is 11.4 Å². The molecule has 0 aliphatic heterocycles. The second-order valence-electron chi connectivity index (χ2n) is 5.06. The van der Waals surface area contributed by atoms with E-state index >= 15 is 0 Å². The number of hydrogen-bond acceptors (Lipinski definition) is 6. The summed E-state index contributed by atoms with van der Waals surface area (Å²) in [5.74, 6) is 0.850. The quantitative estimate of drug-likeness (QED) is 0.616. The zero-order valence-electron chi connectivity index (χ0n) is 12.9. The molecule has 2 aromatic carbocycles. The van der Waals surface area contributed by atoms with Crippen molar-refractivity contribution in [2.45, 2.75) is 11.3 Å². The maximum atomic E-state index is 10.1. The van der Waals surface area contributed by atoms with Crippen LogP contribution in [-0.4, -0.2) is 43.8 Å². The molecule has 3 rings (SSSR count). The monoisotopic (exact) mass is 396 g/mol. The number of benzene rings is 2. The average Bonchev–Trinajstić information content (AvgIpc) is 3.08. The summed E-state index contributed by atoms with van der Waals surface area (Å²) in [6.45, 7) is 0.0985. The fourth-order valence-electron chi connectivity index (χ4n) is 2.00. The van der Waals surface area contributed by atoms with Crippen molar-refractivity contribution < 1.29 is 9.84 Å². The lowest BCUT2D eigenvalue weighted by Crippen LogP contribution is -2.20. The van der Waals surface area contributed by atoms with Crippen molar-refractivity contribution in [3.05, 3.63) is 58.6 Å². The van der Waals surface area contributed by atoms with Gasteiger partial charge < -0.3 is 9.84 Å². The summed E-state index contributed by atoms with van der Waals surface area (Å²) in [5.41, 5.74) is 0.855. The third-order valence-corrected chi connectivity index (χ3v) is 4.77. The van der Waals surface area contributed by atoms with Gasteiger partial charge in [-0.25, -0.2) is 0 Å². The van der Waals surface area contributed by atoms with Crippen LogP contribution < -0.4 is 4.74 Å². The maximum absolute atomic E-state index is 10.1. The van der Waals surface area contributed by atoms with Crippen LogP contribution in [0.4, 0.5) is 0 Å². The van der Waals surface area contributed by atoms with Gasteiger partial charge >= 0.3 is 0 Å². The molecule has 0 radical (unpaired) electrons. The average molecular weight is 397 g/mol. The van der Waals surface area contributed by atoms with E-state index in [1.807, 2.05) is 30.3 Å². The predicted molar refractivity (Wildman–Crippen MR) is 97.8 cm³/mol. The Morgan fingerprint density at radius 3 is 2.72 bits per heavy atom. The summed E-state index contributed by atoms with van der Waals surface area (Å²) in [4.78, 5) is 0. The summed E-state index contributed by atoms with van der Waals surface area (Å²) in [5, 5.41) is 23.3. The number of halogens is 2. The van der Waals surface area contributed by atoms with E-state index in [0.717, 1.165) is 5.69 Å². The molecule has 0 spiro atoms. The van der Waals surface area contributed by atoms with E-state index in [1.54, 1.807) is 22.9 Å². The van der Waals surface area contributed by atoms with Crippen LogP contribution in [0.25, 0.3) is 5.69 Å². The fourth-order valence-corrected chi connectivity index (χ4v) is 3.26. The molecule has 0 bridgehead atoms. The molecule has 9 heteroatoms. The number of rotatable bonds is 7. The smallest absolute Gasteiger partial charge is 0.214 e. The third kappa shape index (κ3) is 4.85. The molecule has 1 N–H and O–H groups in total. The van der Waals surface area contributed by atoms with Gasteiger partial charge in [0, 0.05) is 10.8 Å². The highest BCUT2D eigenvalue weighted by Crippen LogP contribution is 2.27. The largest absolute Gasteiger partial charge is 0.489 e. The van der Waals surface area contributed by atoms with Gasteiger partial charge in [-0.1, -0.05) is 53.2 Å². The summed E-state index contributed by atoms with van der Waals surface area (Å²) >= 11 is 13.2. The summed E-state index contributed by atoms with van der Waals surface area (Å²) < 4.78 is 7.15. The zero-order chi connectivity index (χ0) is 17.6. The molecule has 1 heterocycles. The second kappa shape index (κ2) is 8.53. The Kier molecular flexibility index (Phi) is 6.14. The number of tetrazole rings is 1. The molecule has 1 atom stereocenters. The van der Waals surface area contributed by atoms with Gasteiger partial charge in [-0.05, 0) is 40.8 Å². The molecule has 130 valence electrons. The number of ether oxygens (including phenoxy) is 1. The topological polar surface area (TPSA) is 73.1 Å². The van der Waals surface area contributed by atoms with Gasteiger partial charge in [0.15, 0.2) is 0 Å². The highest BCUT2D eigenvalue weighted by molar-refractivity contribution is 7.99. The Morgan fingerprint density at radius 2 is 1.96 bits per heavy atom. The Morgan fingerprint density at radius 1 is 1.16 bits per heavy atom. The minimum atomic E-state index is -0.710. The van der Waals surface area contributed by atoms with E-state index in [4.69, 9.17) is 27.9 Å². The van der Waals surface area contributed by atoms with Crippen LogP contribution in [-0.2, 0) is 0 Å². The maximum Gasteiger partial charge on any atom is 0.214 e.